The van der Waals surface area contributed by atoms with Crippen molar-refractivity contribution >= 4 is 5.91 Å². The van der Waals surface area contributed by atoms with E-state index in [0.29, 0.717) is 13.2 Å². The minimum atomic E-state index is -0.139. The van der Waals surface area contributed by atoms with E-state index >= 15 is 0 Å². The fraction of sp³-hybridized carbons (Fsp3) is 0.269. The summed E-state index contributed by atoms with van der Waals surface area (Å²) in [6.07, 6.45) is 0. The Labute approximate surface area is 183 Å². The highest BCUT2D eigenvalue weighted by Crippen LogP contribution is 2.32. The molecule has 0 unspecified atom stereocenters. The molecular weight excluding hydrogens is 388 g/mol. The molecule has 0 aromatic heterocycles. The highest BCUT2D eigenvalue weighted by molar-refractivity contribution is 5.78. The third-order valence-corrected chi connectivity index (χ3v) is 5.45. The molecule has 0 fully saturated rings. The van der Waals surface area contributed by atoms with E-state index in [1.807, 2.05) is 43.3 Å². The molecule has 1 amide bonds. The van der Waals surface area contributed by atoms with Crippen molar-refractivity contribution in [1.82, 2.24) is 10.6 Å². The zero-order valence-corrected chi connectivity index (χ0v) is 17.9. The SMILES string of the molecule is Cc1ccc([C@@H](NCC(=O)N[C@@H](C)c2ccc3c(c2)OCCO3)c2ccccc2)cc1. The van der Waals surface area contributed by atoms with Gasteiger partial charge in [-0.2, -0.15) is 0 Å². The van der Waals surface area contributed by atoms with E-state index in [1.54, 1.807) is 0 Å². The van der Waals surface area contributed by atoms with Crippen LogP contribution in [0.3, 0.4) is 0 Å². The molecule has 1 aliphatic heterocycles. The van der Waals surface area contributed by atoms with Crippen molar-refractivity contribution < 1.29 is 14.3 Å². The summed E-state index contributed by atoms with van der Waals surface area (Å²) in [7, 11) is 0. The van der Waals surface area contributed by atoms with Crippen LogP contribution in [-0.4, -0.2) is 25.7 Å². The molecule has 0 aliphatic carbocycles. The van der Waals surface area contributed by atoms with E-state index in [-0.39, 0.29) is 24.5 Å². The first-order chi connectivity index (χ1) is 15.1. The van der Waals surface area contributed by atoms with Crippen LogP contribution in [-0.2, 0) is 4.79 Å². The lowest BCUT2D eigenvalue weighted by Gasteiger charge is -2.22. The molecule has 1 aliphatic rings. The smallest absolute Gasteiger partial charge is 0.234 e. The highest BCUT2D eigenvalue weighted by Gasteiger charge is 2.18. The summed E-state index contributed by atoms with van der Waals surface area (Å²) in [5.74, 6) is 1.42. The topological polar surface area (TPSA) is 59.6 Å². The molecule has 1 heterocycles. The van der Waals surface area contributed by atoms with Crippen molar-refractivity contribution in [2.24, 2.45) is 0 Å². The summed E-state index contributed by atoms with van der Waals surface area (Å²) >= 11 is 0. The van der Waals surface area contributed by atoms with Crippen LogP contribution in [0.4, 0.5) is 0 Å². The molecule has 31 heavy (non-hydrogen) atoms. The van der Waals surface area contributed by atoms with E-state index in [1.165, 1.54) is 5.56 Å². The van der Waals surface area contributed by atoms with Gasteiger partial charge in [-0.3, -0.25) is 10.1 Å². The van der Waals surface area contributed by atoms with Gasteiger partial charge in [0.1, 0.15) is 13.2 Å². The van der Waals surface area contributed by atoms with E-state index < -0.39 is 0 Å². The van der Waals surface area contributed by atoms with Crippen molar-refractivity contribution in [3.8, 4) is 11.5 Å². The molecular formula is C26H28N2O3. The van der Waals surface area contributed by atoms with Gasteiger partial charge in [0.15, 0.2) is 11.5 Å². The van der Waals surface area contributed by atoms with Gasteiger partial charge < -0.3 is 14.8 Å². The second-order valence-corrected chi connectivity index (χ2v) is 7.83. The molecule has 2 N–H and O–H groups in total. The van der Waals surface area contributed by atoms with E-state index in [0.717, 1.165) is 28.2 Å². The number of aryl methyl sites for hydroxylation is 1. The largest absolute Gasteiger partial charge is 0.486 e. The Bertz CT molecular complexity index is 1020. The lowest BCUT2D eigenvalue weighted by atomic mass is 9.98. The van der Waals surface area contributed by atoms with Crippen LogP contribution >= 0.6 is 0 Å². The summed E-state index contributed by atoms with van der Waals surface area (Å²) < 4.78 is 11.2. The molecule has 5 nitrogen and oxygen atoms in total. The Morgan fingerprint density at radius 1 is 0.871 bits per heavy atom. The molecule has 160 valence electrons. The first-order valence-electron chi connectivity index (χ1n) is 10.6. The molecule has 0 bridgehead atoms. The van der Waals surface area contributed by atoms with Crippen molar-refractivity contribution in [2.45, 2.75) is 25.9 Å². The quantitative estimate of drug-likeness (QED) is 0.602. The van der Waals surface area contributed by atoms with Gasteiger partial charge in [-0.05, 0) is 42.7 Å². The summed E-state index contributed by atoms with van der Waals surface area (Å²) in [5, 5.41) is 6.49. The number of carbonyl (C=O) groups is 1. The average molecular weight is 417 g/mol. The minimum Gasteiger partial charge on any atom is -0.486 e. The molecule has 0 saturated carbocycles. The molecule has 0 radical (unpaired) electrons. The predicted molar refractivity (Wildman–Crippen MR) is 121 cm³/mol. The van der Waals surface area contributed by atoms with Crippen LogP contribution in [0, 0.1) is 6.92 Å². The van der Waals surface area contributed by atoms with Crippen molar-refractivity contribution in [1.29, 1.82) is 0 Å². The van der Waals surface area contributed by atoms with Crippen LogP contribution in [0.2, 0.25) is 0 Å². The molecule has 4 rings (SSSR count). The first kappa shape index (κ1) is 20.9. The van der Waals surface area contributed by atoms with Gasteiger partial charge in [0.2, 0.25) is 5.91 Å². The van der Waals surface area contributed by atoms with Crippen LogP contribution in [0.15, 0.2) is 72.8 Å². The fourth-order valence-corrected chi connectivity index (χ4v) is 3.73. The highest BCUT2D eigenvalue weighted by atomic mass is 16.6. The van der Waals surface area contributed by atoms with Gasteiger partial charge in [-0.25, -0.2) is 0 Å². The van der Waals surface area contributed by atoms with Gasteiger partial charge in [-0.15, -0.1) is 0 Å². The molecule has 5 heteroatoms. The summed E-state index contributed by atoms with van der Waals surface area (Å²) in [5.41, 5.74) is 4.45. The molecule has 0 spiro atoms. The average Bonchev–Trinajstić information content (AvgIpc) is 2.80. The number of hydrogen-bond acceptors (Lipinski definition) is 4. The van der Waals surface area contributed by atoms with Gasteiger partial charge in [0.05, 0.1) is 18.6 Å². The number of benzene rings is 3. The Morgan fingerprint density at radius 2 is 1.52 bits per heavy atom. The molecule has 2 atom stereocenters. The lowest BCUT2D eigenvalue weighted by molar-refractivity contribution is -0.121. The fourth-order valence-electron chi connectivity index (χ4n) is 3.73. The van der Waals surface area contributed by atoms with E-state index in [9.17, 15) is 4.79 Å². The first-order valence-corrected chi connectivity index (χ1v) is 10.6. The maximum absolute atomic E-state index is 12.7. The van der Waals surface area contributed by atoms with E-state index in [2.05, 4.69) is 54.0 Å². The summed E-state index contributed by atoms with van der Waals surface area (Å²) in [6.45, 7) is 5.36. The molecule has 3 aromatic rings. The Morgan fingerprint density at radius 3 is 2.26 bits per heavy atom. The summed E-state index contributed by atoms with van der Waals surface area (Å²) in [6, 6.07) is 24.2. The van der Waals surface area contributed by atoms with Gasteiger partial charge in [0, 0.05) is 0 Å². The maximum Gasteiger partial charge on any atom is 0.234 e. The number of amides is 1. The van der Waals surface area contributed by atoms with Crippen molar-refractivity contribution in [3.05, 3.63) is 95.1 Å². The lowest BCUT2D eigenvalue weighted by Crippen LogP contribution is -2.37. The van der Waals surface area contributed by atoms with Crippen molar-refractivity contribution in [2.75, 3.05) is 19.8 Å². The number of nitrogens with one attached hydrogen (secondary N) is 2. The second kappa shape index (κ2) is 9.67. The Hall–Kier alpha value is -3.31. The minimum absolute atomic E-state index is 0.0582. The maximum atomic E-state index is 12.7. The standard InChI is InChI=1S/C26H28N2O3/c1-18-8-10-21(11-9-18)26(20-6-4-3-5-7-20)27-17-25(29)28-19(2)22-12-13-23-24(16-22)31-15-14-30-23/h3-13,16,19,26-27H,14-15,17H2,1-2H3,(H,28,29)/t19-,26-/m0/s1. The Balaban J connectivity index is 1.41. The van der Waals surface area contributed by atoms with Gasteiger partial charge >= 0.3 is 0 Å². The number of fused-ring (bicyclic) bond motifs is 1. The zero-order valence-electron chi connectivity index (χ0n) is 17.9. The van der Waals surface area contributed by atoms with E-state index in [4.69, 9.17) is 9.47 Å². The van der Waals surface area contributed by atoms with Crippen molar-refractivity contribution in [3.63, 3.8) is 0 Å². The number of hydrogen-bond donors (Lipinski definition) is 2. The van der Waals surface area contributed by atoms with Gasteiger partial charge in [0.25, 0.3) is 0 Å². The predicted octanol–water partition coefficient (Wildman–Crippen LogP) is 4.32. The number of ether oxygens (including phenoxy) is 2. The zero-order chi connectivity index (χ0) is 21.6. The normalized spacial score (nSPS) is 14.5. The third kappa shape index (κ3) is 5.25. The Kier molecular flexibility index (Phi) is 6.53. The molecule has 0 saturated heterocycles. The van der Waals surface area contributed by atoms with Crippen LogP contribution in [0.1, 0.15) is 41.3 Å². The third-order valence-electron chi connectivity index (χ3n) is 5.45. The molecule has 3 aromatic carbocycles. The second-order valence-electron chi connectivity index (χ2n) is 7.83. The number of carbonyl (C=O) groups excluding carboxylic acids is 1. The van der Waals surface area contributed by atoms with Crippen LogP contribution < -0.4 is 20.1 Å². The van der Waals surface area contributed by atoms with Gasteiger partial charge in [-0.1, -0.05) is 66.2 Å². The number of rotatable bonds is 7. The summed E-state index contributed by atoms with van der Waals surface area (Å²) in [4.78, 5) is 12.7. The van der Waals surface area contributed by atoms with Crippen LogP contribution in [0.5, 0.6) is 11.5 Å². The van der Waals surface area contributed by atoms with Crippen LogP contribution in [0.25, 0.3) is 0 Å². The monoisotopic (exact) mass is 416 g/mol.